The number of rotatable bonds is 7. The van der Waals surface area contributed by atoms with Crippen molar-refractivity contribution in [1.82, 2.24) is 0 Å². The molecule has 0 unspecified atom stereocenters. The van der Waals surface area contributed by atoms with Gasteiger partial charge in [-0.25, -0.2) is 0 Å². The molecule has 0 aliphatic heterocycles. The number of halogens is 4. The average Bonchev–Trinajstić information content (AvgIpc) is 3.11. The summed E-state index contributed by atoms with van der Waals surface area (Å²) in [6.07, 6.45) is -4.30. The van der Waals surface area contributed by atoms with E-state index in [1.165, 1.54) is 6.07 Å². The molecule has 0 amide bonds. The van der Waals surface area contributed by atoms with Crippen LogP contribution in [0.5, 0.6) is 5.75 Å². The van der Waals surface area contributed by atoms with Gasteiger partial charge in [0.2, 0.25) is 5.76 Å². The van der Waals surface area contributed by atoms with Gasteiger partial charge in [0, 0.05) is 22.6 Å². The van der Waals surface area contributed by atoms with Crippen LogP contribution in [0, 0.1) is 0 Å². The van der Waals surface area contributed by atoms with Gasteiger partial charge in [0.1, 0.15) is 18.1 Å². The minimum absolute atomic E-state index is 0.00234. The Labute approximate surface area is 169 Å². The summed E-state index contributed by atoms with van der Waals surface area (Å²) >= 11 is 5.81. The van der Waals surface area contributed by atoms with Crippen LogP contribution >= 0.6 is 11.6 Å². The van der Waals surface area contributed by atoms with E-state index >= 15 is 0 Å². The molecule has 0 bridgehead atoms. The molecule has 3 rings (SSSR count). The predicted octanol–water partition coefficient (Wildman–Crippen LogP) is 6.22. The van der Waals surface area contributed by atoms with Crippen LogP contribution < -0.4 is 4.74 Å². The first-order valence-electron chi connectivity index (χ1n) is 8.62. The largest absolute Gasteiger partial charge is 0.489 e. The molecule has 2 aromatic carbocycles. The van der Waals surface area contributed by atoms with Crippen molar-refractivity contribution in [3.05, 3.63) is 76.5 Å². The molecule has 1 N–H and O–H groups in total. The number of carboxylic acids is 1. The van der Waals surface area contributed by atoms with Crippen LogP contribution in [-0.2, 0) is 24.0 Å². The number of ether oxygens (including phenoxy) is 1. The lowest BCUT2D eigenvalue weighted by Gasteiger charge is -2.09. The fraction of sp³-hybridized carbons (Fsp3) is 0.190. The molecule has 29 heavy (non-hydrogen) atoms. The van der Waals surface area contributed by atoms with E-state index < -0.39 is 17.9 Å². The zero-order valence-corrected chi connectivity index (χ0v) is 15.8. The van der Waals surface area contributed by atoms with Gasteiger partial charge < -0.3 is 14.3 Å². The second-order valence-corrected chi connectivity index (χ2v) is 6.73. The van der Waals surface area contributed by atoms with E-state index in [0.717, 1.165) is 5.56 Å². The number of alkyl halides is 3. The van der Waals surface area contributed by atoms with Crippen molar-refractivity contribution in [2.24, 2.45) is 0 Å². The Hall–Kier alpha value is -2.93. The number of carbonyl (C=O) groups is 1. The molecule has 0 spiro atoms. The lowest BCUT2D eigenvalue weighted by molar-refractivity contribution is -0.153. The van der Waals surface area contributed by atoms with E-state index in [1.807, 2.05) is 0 Å². The topological polar surface area (TPSA) is 59.7 Å². The maximum atomic E-state index is 13.4. The summed E-state index contributed by atoms with van der Waals surface area (Å²) in [5, 5.41) is 9.16. The van der Waals surface area contributed by atoms with Crippen LogP contribution in [-0.4, -0.2) is 11.1 Å². The van der Waals surface area contributed by atoms with Crippen LogP contribution in [0.25, 0.3) is 11.3 Å². The highest BCUT2D eigenvalue weighted by Crippen LogP contribution is 2.38. The van der Waals surface area contributed by atoms with Gasteiger partial charge in [0.25, 0.3) is 0 Å². The van der Waals surface area contributed by atoms with Crippen LogP contribution in [0.3, 0.4) is 0 Å². The normalized spacial score (nSPS) is 11.4. The van der Waals surface area contributed by atoms with Crippen molar-refractivity contribution in [2.45, 2.75) is 25.6 Å². The van der Waals surface area contributed by atoms with Gasteiger partial charge in [-0.15, -0.1) is 0 Å². The predicted molar refractivity (Wildman–Crippen MR) is 101 cm³/mol. The van der Waals surface area contributed by atoms with Crippen molar-refractivity contribution in [1.29, 1.82) is 0 Å². The van der Waals surface area contributed by atoms with E-state index in [0.29, 0.717) is 22.8 Å². The van der Waals surface area contributed by atoms with E-state index in [1.54, 1.807) is 48.5 Å². The maximum absolute atomic E-state index is 13.4. The lowest BCUT2D eigenvalue weighted by Crippen LogP contribution is -2.08. The Kier molecular flexibility index (Phi) is 6.17. The van der Waals surface area contributed by atoms with Gasteiger partial charge in [0.15, 0.2) is 0 Å². The molecular weight excluding hydrogens is 409 g/mol. The molecule has 0 aliphatic rings. The molecule has 0 saturated heterocycles. The number of furan rings is 1. The number of hydrogen-bond donors (Lipinski definition) is 1. The van der Waals surface area contributed by atoms with Gasteiger partial charge in [-0.2, -0.15) is 13.2 Å². The van der Waals surface area contributed by atoms with Crippen molar-refractivity contribution in [2.75, 3.05) is 0 Å². The van der Waals surface area contributed by atoms with E-state index in [4.69, 9.17) is 25.9 Å². The van der Waals surface area contributed by atoms with Crippen LogP contribution in [0.4, 0.5) is 13.2 Å². The van der Waals surface area contributed by atoms with Crippen molar-refractivity contribution in [3.8, 4) is 17.1 Å². The molecule has 152 valence electrons. The minimum atomic E-state index is -4.66. The van der Waals surface area contributed by atoms with Gasteiger partial charge in [0.05, 0.1) is 0 Å². The third-order valence-corrected chi connectivity index (χ3v) is 4.39. The van der Waals surface area contributed by atoms with Crippen LogP contribution in [0.1, 0.15) is 23.3 Å². The van der Waals surface area contributed by atoms with Crippen LogP contribution in [0.15, 0.2) is 59.0 Å². The quantitative estimate of drug-likeness (QED) is 0.489. The summed E-state index contributed by atoms with van der Waals surface area (Å²) in [5.74, 6) is -1.58. The zero-order valence-electron chi connectivity index (χ0n) is 15.0. The molecule has 4 nitrogen and oxygen atoms in total. The first-order valence-corrected chi connectivity index (χ1v) is 8.99. The third kappa shape index (κ3) is 5.54. The average molecular weight is 425 g/mol. The highest BCUT2D eigenvalue weighted by Gasteiger charge is 2.38. The highest BCUT2D eigenvalue weighted by atomic mass is 35.5. The van der Waals surface area contributed by atoms with Gasteiger partial charge in [-0.1, -0.05) is 23.7 Å². The Balaban J connectivity index is 1.75. The van der Waals surface area contributed by atoms with Crippen LogP contribution in [0.2, 0.25) is 5.02 Å². The Morgan fingerprint density at radius 3 is 2.31 bits per heavy atom. The summed E-state index contributed by atoms with van der Waals surface area (Å²) in [6, 6.07) is 14.1. The number of carboxylic acid groups (broad SMARTS) is 1. The molecule has 8 heteroatoms. The standard InChI is InChI=1S/C21H16ClF3O4/c22-16-6-4-14(5-7-16)18-11-15(20(29-18)21(23,24)25)12-28-17-8-1-13(2-9-17)3-10-19(26)27/h1-2,4-9,11H,3,10,12H2,(H,26,27). The zero-order chi connectivity index (χ0) is 21.0. The highest BCUT2D eigenvalue weighted by molar-refractivity contribution is 6.30. The Morgan fingerprint density at radius 1 is 1.07 bits per heavy atom. The van der Waals surface area contributed by atoms with Crippen molar-refractivity contribution in [3.63, 3.8) is 0 Å². The Morgan fingerprint density at radius 2 is 1.72 bits per heavy atom. The summed E-state index contributed by atoms with van der Waals surface area (Å²) in [7, 11) is 0. The van der Waals surface area contributed by atoms with Gasteiger partial charge >= 0.3 is 12.1 Å². The maximum Gasteiger partial charge on any atom is 0.449 e. The fourth-order valence-electron chi connectivity index (χ4n) is 2.70. The third-order valence-electron chi connectivity index (χ3n) is 4.14. The number of hydrogen-bond acceptors (Lipinski definition) is 3. The Bertz CT molecular complexity index is 977. The molecule has 0 radical (unpaired) electrons. The van der Waals surface area contributed by atoms with Crippen molar-refractivity contribution < 1.29 is 32.2 Å². The molecule has 1 heterocycles. The first kappa shape index (κ1) is 20.8. The lowest BCUT2D eigenvalue weighted by atomic mass is 10.1. The number of benzene rings is 2. The minimum Gasteiger partial charge on any atom is -0.489 e. The monoisotopic (exact) mass is 424 g/mol. The first-order chi connectivity index (χ1) is 13.7. The number of aliphatic carboxylic acids is 1. The van der Waals surface area contributed by atoms with Gasteiger partial charge in [-0.05, 0) is 54.4 Å². The van der Waals surface area contributed by atoms with Gasteiger partial charge in [-0.3, -0.25) is 4.79 Å². The summed E-state index contributed by atoms with van der Waals surface area (Å²) in [6.45, 7) is -0.333. The molecule has 3 aromatic rings. The molecule has 0 fully saturated rings. The molecular formula is C21H16ClF3O4. The van der Waals surface area contributed by atoms with E-state index in [2.05, 4.69) is 0 Å². The van der Waals surface area contributed by atoms with E-state index in [-0.39, 0.29) is 24.4 Å². The molecule has 0 atom stereocenters. The van der Waals surface area contributed by atoms with Crippen molar-refractivity contribution >= 4 is 17.6 Å². The second kappa shape index (κ2) is 8.61. The van der Waals surface area contributed by atoms with E-state index in [9.17, 15) is 18.0 Å². The summed E-state index contributed by atoms with van der Waals surface area (Å²) in [4.78, 5) is 10.6. The fourth-order valence-corrected chi connectivity index (χ4v) is 2.82. The second-order valence-electron chi connectivity index (χ2n) is 6.30. The summed E-state index contributed by atoms with van der Waals surface area (Å²) in [5.41, 5.74) is 1.13. The summed E-state index contributed by atoms with van der Waals surface area (Å²) < 4.78 is 50.6. The molecule has 0 saturated carbocycles. The number of aryl methyl sites for hydroxylation is 1. The molecule has 0 aliphatic carbocycles. The smallest absolute Gasteiger partial charge is 0.449 e. The SMILES string of the molecule is O=C(O)CCc1ccc(OCc2cc(-c3ccc(Cl)cc3)oc2C(F)(F)F)cc1. The molecule has 1 aromatic heterocycles.